The molecular weight excluding hydrogens is 315 g/mol. The highest BCUT2D eigenvalue weighted by atomic mass is 35.5. The molecule has 1 aromatic heterocycles. The van der Waals surface area contributed by atoms with Crippen LogP contribution < -0.4 is 5.32 Å². The van der Waals surface area contributed by atoms with Gasteiger partial charge in [0.15, 0.2) is 5.15 Å². The van der Waals surface area contributed by atoms with E-state index in [2.05, 4.69) is 17.2 Å². The number of hydrogen-bond donors (Lipinski definition) is 1. The maximum Gasteiger partial charge on any atom is 0.152 e. The van der Waals surface area contributed by atoms with E-state index in [-0.39, 0.29) is 6.04 Å². The zero-order chi connectivity index (χ0) is 14.7. The van der Waals surface area contributed by atoms with Gasteiger partial charge in [-0.3, -0.25) is 0 Å². The van der Waals surface area contributed by atoms with Gasteiger partial charge in [0.2, 0.25) is 0 Å². The van der Waals surface area contributed by atoms with Crippen LogP contribution >= 0.6 is 34.8 Å². The SMILES string of the molecule is CCC(Nc1cc(C)cnc1Cl)c1ccc(Cl)cc1Cl. The Morgan fingerprint density at radius 1 is 1.20 bits per heavy atom. The van der Waals surface area contributed by atoms with Crippen molar-refractivity contribution in [3.63, 3.8) is 0 Å². The third-order valence-corrected chi connectivity index (χ3v) is 3.92. The van der Waals surface area contributed by atoms with Crippen LogP contribution in [0.4, 0.5) is 5.69 Å². The summed E-state index contributed by atoms with van der Waals surface area (Å²) in [5, 5.41) is 5.13. The molecule has 0 aliphatic heterocycles. The third-order valence-electron chi connectivity index (χ3n) is 3.05. The number of aryl methyl sites for hydroxylation is 1. The van der Waals surface area contributed by atoms with E-state index in [1.165, 1.54) is 0 Å². The van der Waals surface area contributed by atoms with Crippen LogP contribution in [0.5, 0.6) is 0 Å². The van der Waals surface area contributed by atoms with Crippen molar-refractivity contribution in [1.29, 1.82) is 0 Å². The number of nitrogens with zero attached hydrogens (tertiary/aromatic N) is 1. The van der Waals surface area contributed by atoms with Crippen molar-refractivity contribution in [3.8, 4) is 0 Å². The van der Waals surface area contributed by atoms with Crippen LogP contribution in [0.3, 0.4) is 0 Å². The first kappa shape index (κ1) is 15.4. The monoisotopic (exact) mass is 328 g/mol. The average molecular weight is 330 g/mol. The van der Waals surface area contributed by atoms with Crippen molar-refractivity contribution < 1.29 is 0 Å². The van der Waals surface area contributed by atoms with E-state index in [0.717, 1.165) is 23.2 Å². The van der Waals surface area contributed by atoms with Gasteiger partial charge in [-0.05, 0) is 42.7 Å². The fraction of sp³-hybridized carbons (Fsp3) is 0.267. The van der Waals surface area contributed by atoms with Gasteiger partial charge in [-0.2, -0.15) is 0 Å². The molecule has 2 aromatic rings. The van der Waals surface area contributed by atoms with Gasteiger partial charge in [0, 0.05) is 16.2 Å². The summed E-state index contributed by atoms with van der Waals surface area (Å²) in [4.78, 5) is 4.15. The Bertz CT molecular complexity index is 614. The lowest BCUT2D eigenvalue weighted by Gasteiger charge is -2.21. The van der Waals surface area contributed by atoms with Crippen molar-refractivity contribution >= 4 is 40.5 Å². The zero-order valence-electron chi connectivity index (χ0n) is 11.3. The highest BCUT2D eigenvalue weighted by Gasteiger charge is 2.15. The number of benzene rings is 1. The van der Waals surface area contributed by atoms with E-state index in [0.29, 0.717) is 15.2 Å². The van der Waals surface area contributed by atoms with Crippen molar-refractivity contribution in [2.24, 2.45) is 0 Å². The minimum absolute atomic E-state index is 0.0564. The Labute approximate surface area is 134 Å². The molecule has 1 N–H and O–H groups in total. The van der Waals surface area contributed by atoms with Crippen molar-refractivity contribution in [1.82, 2.24) is 4.98 Å². The van der Waals surface area contributed by atoms with Gasteiger partial charge in [-0.25, -0.2) is 4.98 Å². The molecule has 1 heterocycles. The molecule has 0 amide bonds. The number of pyridine rings is 1. The van der Waals surface area contributed by atoms with E-state index >= 15 is 0 Å². The number of anilines is 1. The van der Waals surface area contributed by atoms with Crippen molar-refractivity contribution in [2.45, 2.75) is 26.3 Å². The molecule has 2 nitrogen and oxygen atoms in total. The van der Waals surface area contributed by atoms with Crippen LogP contribution in [-0.2, 0) is 0 Å². The van der Waals surface area contributed by atoms with E-state index in [9.17, 15) is 0 Å². The minimum Gasteiger partial charge on any atom is -0.376 e. The number of rotatable bonds is 4. The van der Waals surface area contributed by atoms with Crippen LogP contribution in [0, 0.1) is 6.92 Å². The van der Waals surface area contributed by atoms with E-state index in [1.807, 2.05) is 25.1 Å². The Balaban J connectivity index is 2.31. The van der Waals surface area contributed by atoms with Gasteiger partial charge < -0.3 is 5.32 Å². The van der Waals surface area contributed by atoms with Crippen molar-refractivity contribution in [2.75, 3.05) is 5.32 Å². The largest absolute Gasteiger partial charge is 0.376 e. The lowest BCUT2D eigenvalue weighted by Crippen LogP contribution is -2.11. The summed E-state index contributed by atoms with van der Waals surface area (Å²) in [5.41, 5.74) is 2.86. The second kappa shape index (κ2) is 6.66. The number of halogens is 3. The summed E-state index contributed by atoms with van der Waals surface area (Å²) in [5.74, 6) is 0. The first-order chi connectivity index (χ1) is 9.51. The summed E-state index contributed by atoms with van der Waals surface area (Å²) >= 11 is 18.3. The Hall–Kier alpha value is -0.960. The second-order valence-electron chi connectivity index (χ2n) is 4.62. The molecule has 1 aromatic carbocycles. The maximum atomic E-state index is 6.27. The molecule has 5 heteroatoms. The van der Waals surface area contributed by atoms with Gasteiger partial charge in [0.25, 0.3) is 0 Å². The topological polar surface area (TPSA) is 24.9 Å². The lowest BCUT2D eigenvalue weighted by molar-refractivity contribution is 0.749. The molecule has 1 unspecified atom stereocenters. The third kappa shape index (κ3) is 3.57. The van der Waals surface area contributed by atoms with E-state index in [1.54, 1.807) is 12.3 Å². The predicted molar refractivity (Wildman–Crippen MR) is 87.1 cm³/mol. The molecule has 0 fully saturated rings. The first-order valence-electron chi connectivity index (χ1n) is 6.35. The van der Waals surface area contributed by atoms with Gasteiger partial charge in [0.05, 0.1) is 11.7 Å². The van der Waals surface area contributed by atoms with E-state index < -0.39 is 0 Å². The summed E-state index contributed by atoms with van der Waals surface area (Å²) in [7, 11) is 0. The molecule has 2 rings (SSSR count). The molecule has 0 saturated carbocycles. The highest BCUT2D eigenvalue weighted by molar-refractivity contribution is 6.35. The van der Waals surface area contributed by atoms with Crippen LogP contribution in [0.25, 0.3) is 0 Å². The van der Waals surface area contributed by atoms with E-state index in [4.69, 9.17) is 34.8 Å². The quantitative estimate of drug-likeness (QED) is 0.705. The molecule has 20 heavy (non-hydrogen) atoms. The summed E-state index contributed by atoms with van der Waals surface area (Å²) < 4.78 is 0. The lowest BCUT2D eigenvalue weighted by atomic mass is 10.0. The maximum absolute atomic E-state index is 6.27. The molecule has 1 atom stereocenters. The van der Waals surface area contributed by atoms with Crippen LogP contribution in [0.15, 0.2) is 30.5 Å². The fourth-order valence-electron chi connectivity index (χ4n) is 2.03. The van der Waals surface area contributed by atoms with Crippen molar-refractivity contribution in [3.05, 3.63) is 56.8 Å². The summed E-state index contributed by atoms with van der Waals surface area (Å²) in [6, 6.07) is 7.55. The molecule has 0 saturated heterocycles. The Morgan fingerprint density at radius 3 is 2.60 bits per heavy atom. The zero-order valence-corrected chi connectivity index (χ0v) is 13.5. The summed E-state index contributed by atoms with van der Waals surface area (Å²) in [6.45, 7) is 4.06. The minimum atomic E-state index is 0.0564. The van der Waals surface area contributed by atoms with Gasteiger partial charge >= 0.3 is 0 Å². The number of nitrogens with one attached hydrogen (secondary N) is 1. The molecule has 0 aliphatic rings. The first-order valence-corrected chi connectivity index (χ1v) is 7.48. The van der Waals surface area contributed by atoms with Crippen LogP contribution in [-0.4, -0.2) is 4.98 Å². The average Bonchev–Trinajstić information content (AvgIpc) is 2.40. The van der Waals surface area contributed by atoms with Gasteiger partial charge in [-0.1, -0.05) is 47.8 Å². The molecule has 0 bridgehead atoms. The fourth-order valence-corrected chi connectivity index (χ4v) is 2.72. The predicted octanol–water partition coefficient (Wildman–Crippen LogP) is 5.91. The number of aromatic nitrogens is 1. The van der Waals surface area contributed by atoms with Crippen LogP contribution in [0.2, 0.25) is 15.2 Å². The Morgan fingerprint density at radius 2 is 1.95 bits per heavy atom. The van der Waals surface area contributed by atoms with Gasteiger partial charge in [-0.15, -0.1) is 0 Å². The normalized spacial score (nSPS) is 12.2. The molecule has 0 spiro atoms. The molecular formula is C15H15Cl3N2. The highest BCUT2D eigenvalue weighted by Crippen LogP contribution is 2.32. The standard InChI is InChI=1S/C15H15Cl3N2/c1-3-13(11-5-4-10(16)7-12(11)17)20-14-6-9(2)8-19-15(14)18/h4-8,13,20H,3H2,1-2H3. The number of hydrogen-bond acceptors (Lipinski definition) is 2. The Kier molecular flexibility index (Phi) is 5.14. The smallest absolute Gasteiger partial charge is 0.152 e. The second-order valence-corrected chi connectivity index (χ2v) is 5.82. The van der Waals surface area contributed by atoms with Crippen LogP contribution in [0.1, 0.15) is 30.5 Å². The molecule has 0 radical (unpaired) electrons. The summed E-state index contributed by atoms with van der Waals surface area (Å²) in [6.07, 6.45) is 2.61. The molecule has 0 aliphatic carbocycles. The molecule has 106 valence electrons. The van der Waals surface area contributed by atoms with Gasteiger partial charge in [0.1, 0.15) is 0 Å².